The molecule has 0 spiro atoms. The third kappa shape index (κ3) is 3.27. The summed E-state index contributed by atoms with van der Waals surface area (Å²) in [5.74, 6) is -0.485. The summed E-state index contributed by atoms with van der Waals surface area (Å²) < 4.78 is 13.5. The first-order valence-electron chi connectivity index (χ1n) is 5.64. The molecule has 0 unspecified atom stereocenters. The zero-order valence-electron chi connectivity index (χ0n) is 10.5. The number of rotatable bonds is 4. The molecule has 0 aliphatic carbocycles. The van der Waals surface area contributed by atoms with Crippen LogP contribution in [-0.2, 0) is 4.79 Å². The summed E-state index contributed by atoms with van der Waals surface area (Å²) in [4.78, 5) is 11.9. The van der Waals surface area contributed by atoms with E-state index in [0.717, 1.165) is 0 Å². The quantitative estimate of drug-likeness (QED) is 0.842. The van der Waals surface area contributed by atoms with E-state index in [4.69, 9.17) is 5.73 Å². The smallest absolute Gasteiger partial charge is 0.227 e. The molecule has 17 heavy (non-hydrogen) atoms. The third-order valence-corrected chi connectivity index (χ3v) is 2.84. The Morgan fingerprint density at radius 3 is 2.59 bits per heavy atom. The molecule has 3 N–H and O–H groups in total. The van der Waals surface area contributed by atoms with Crippen LogP contribution in [0.5, 0.6) is 0 Å². The number of hydrogen-bond acceptors (Lipinski definition) is 2. The molecule has 1 aromatic rings. The van der Waals surface area contributed by atoms with E-state index in [1.807, 2.05) is 0 Å². The van der Waals surface area contributed by atoms with Gasteiger partial charge in [-0.25, -0.2) is 4.39 Å². The minimum Gasteiger partial charge on any atom is -0.349 e. The van der Waals surface area contributed by atoms with Gasteiger partial charge in [-0.3, -0.25) is 4.79 Å². The van der Waals surface area contributed by atoms with Crippen LogP contribution < -0.4 is 11.1 Å². The molecule has 1 amide bonds. The summed E-state index contributed by atoms with van der Waals surface area (Å²) in [6.45, 7) is 5.53. The van der Waals surface area contributed by atoms with Gasteiger partial charge in [0.25, 0.3) is 0 Å². The molecule has 1 atom stereocenters. The van der Waals surface area contributed by atoms with Crippen molar-refractivity contribution in [2.24, 2.45) is 11.1 Å². The lowest BCUT2D eigenvalue weighted by Crippen LogP contribution is -2.42. The number of amides is 1. The van der Waals surface area contributed by atoms with E-state index in [2.05, 4.69) is 5.32 Å². The van der Waals surface area contributed by atoms with Crippen LogP contribution in [0, 0.1) is 11.2 Å². The number of benzene rings is 1. The second-order valence-electron chi connectivity index (χ2n) is 4.80. The van der Waals surface area contributed by atoms with Gasteiger partial charge in [0.05, 0.1) is 11.5 Å². The van der Waals surface area contributed by atoms with Crippen molar-refractivity contribution in [1.82, 2.24) is 5.32 Å². The molecular formula is C13H19FN2O. The van der Waals surface area contributed by atoms with E-state index in [0.29, 0.717) is 5.56 Å². The first-order chi connectivity index (χ1) is 7.88. The Morgan fingerprint density at radius 2 is 2.06 bits per heavy atom. The molecule has 1 rings (SSSR count). The van der Waals surface area contributed by atoms with Crippen molar-refractivity contribution < 1.29 is 9.18 Å². The molecule has 4 heteroatoms. The zero-order valence-corrected chi connectivity index (χ0v) is 10.5. The van der Waals surface area contributed by atoms with Gasteiger partial charge in [-0.2, -0.15) is 0 Å². The fourth-order valence-corrected chi connectivity index (χ4v) is 1.39. The van der Waals surface area contributed by atoms with Crippen LogP contribution in [0.1, 0.15) is 32.4 Å². The number of halogens is 1. The summed E-state index contributed by atoms with van der Waals surface area (Å²) in [5, 5.41) is 2.77. The summed E-state index contributed by atoms with van der Waals surface area (Å²) in [6.07, 6.45) is 0. The molecule has 0 aromatic heterocycles. The lowest BCUT2D eigenvalue weighted by Gasteiger charge is -2.24. The van der Waals surface area contributed by atoms with Gasteiger partial charge in [0, 0.05) is 12.1 Å². The first kappa shape index (κ1) is 13.6. The van der Waals surface area contributed by atoms with Crippen LogP contribution in [0.3, 0.4) is 0 Å². The Balaban J connectivity index is 2.77. The summed E-state index contributed by atoms with van der Waals surface area (Å²) in [7, 11) is 0. The van der Waals surface area contributed by atoms with Crippen molar-refractivity contribution >= 4 is 5.91 Å². The molecule has 0 heterocycles. The molecule has 1 aromatic carbocycles. The first-order valence-corrected chi connectivity index (χ1v) is 5.64. The van der Waals surface area contributed by atoms with Crippen LogP contribution in [0.2, 0.25) is 0 Å². The Bertz CT molecular complexity index is 404. The van der Waals surface area contributed by atoms with Crippen molar-refractivity contribution in [2.45, 2.75) is 26.8 Å². The SMILES string of the molecule is C[C@@H](NC(=O)C(C)(C)CN)c1ccccc1F. The summed E-state index contributed by atoms with van der Waals surface area (Å²) in [5.41, 5.74) is 5.36. The maximum atomic E-state index is 13.5. The van der Waals surface area contributed by atoms with Crippen LogP contribution in [0.25, 0.3) is 0 Å². The standard InChI is InChI=1S/C13H19FN2O/c1-9(10-6-4-5-7-11(10)14)16-12(17)13(2,3)8-15/h4-7,9H,8,15H2,1-3H3,(H,16,17)/t9-/m1/s1. The lowest BCUT2D eigenvalue weighted by molar-refractivity contribution is -0.129. The summed E-state index contributed by atoms with van der Waals surface area (Å²) in [6, 6.07) is 6.04. The minimum absolute atomic E-state index is 0.171. The Hall–Kier alpha value is -1.42. The minimum atomic E-state index is -0.639. The third-order valence-electron chi connectivity index (χ3n) is 2.84. The Kier molecular flexibility index (Phi) is 4.23. The number of carbonyl (C=O) groups is 1. The van der Waals surface area contributed by atoms with Gasteiger partial charge in [-0.05, 0) is 26.8 Å². The second kappa shape index (κ2) is 5.27. The highest BCUT2D eigenvalue weighted by Crippen LogP contribution is 2.19. The number of carbonyl (C=O) groups excluding carboxylic acids is 1. The van der Waals surface area contributed by atoms with Crippen LogP contribution in [0.4, 0.5) is 4.39 Å². The van der Waals surface area contributed by atoms with Gasteiger partial charge in [-0.15, -0.1) is 0 Å². The van der Waals surface area contributed by atoms with Gasteiger partial charge in [-0.1, -0.05) is 18.2 Å². The molecule has 0 saturated heterocycles. The maximum absolute atomic E-state index is 13.5. The number of nitrogens with one attached hydrogen (secondary N) is 1. The highest BCUT2D eigenvalue weighted by atomic mass is 19.1. The van der Waals surface area contributed by atoms with Gasteiger partial charge < -0.3 is 11.1 Å². The fourth-order valence-electron chi connectivity index (χ4n) is 1.39. The van der Waals surface area contributed by atoms with Crippen molar-refractivity contribution in [1.29, 1.82) is 0 Å². The van der Waals surface area contributed by atoms with Gasteiger partial charge in [0.1, 0.15) is 5.82 Å². The van der Waals surface area contributed by atoms with E-state index in [-0.39, 0.29) is 24.3 Å². The van der Waals surface area contributed by atoms with Crippen molar-refractivity contribution in [2.75, 3.05) is 6.54 Å². The average Bonchev–Trinajstić information content (AvgIpc) is 2.29. The van der Waals surface area contributed by atoms with E-state index in [9.17, 15) is 9.18 Å². The van der Waals surface area contributed by atoms with Gasteiger partial charge >= 0.3 is 0 Å². The van der Waals surface area contributed by atoms with Gasteiger partial charge in [0.2, 0.25) is 5.91 Å². The fraction of sp³-hybridized carbons (Fsp3) is 0.462. The van der Waals surface area contributed by atoms with Gasteiger partial charge in [0.15, 0.2) is 0 Å². The Labute approximate surface area is 101 Å². The lowest BCUT2D eigenvalue weighted by atomic mass is 9.92. The van der Waals surface area contributed by atoms with E-state index < -0.39 is 5.41 Å². The molecular weight excluding hydrogens is 219 g/mol. The number of nitrogens with two attached hydrogens (primary N) is 1. The molecule has 0 radical (unpaired) electrons. The average molecular weight is 238 g/mol. The number of hydrogen-bond donors (Lipinski definition) is 2. The van der Waals surface area contributed by atoms with Crippen molar-refractivity contribution in [3.63, 3.8) is 0 Å². The Morgan fingerprint density at radius 1 is 1.47 bits per heavy atom. The topological polar surface area (TPSA) is 55.1 Å². The molecule has 3 nitrogen and oxygen atoms in total. The molecule has 0 bridgehead atoms. The van der Waals surface area contributed by atoms with E-state index in [1.165, 1.54) is 6.07 Å². The van der Waals surface area contributed by atoms with E-state index in [1.54, 1.807) is 39.0 Å². The van der Waals surface area contributed by atoms with Crippen LogP contribution in [-0.4, -0.2) is 12.5 Å². The van der Waals surface area contributed by atoms with Crippen LogP contribution in [0.15, 0.2) is 24.3 Å². The maximum Gasteiger partial charge on any atom is 0.227 e. The van der Waals surface area contributed by atoms with E-state index >= 15 is 0 Å². The predicted octanol–water partition coefficient (Wildman–Crippen LogP) is 1.99. The van der Waals surface area contributed by atoms with Crippen molar-refractivity contribution in [3.05, 3.63) is 35.6 Å². The van der Waals surface area contributed by atoms with Crippen LogP contribution >= 0.6 is 0 Å². The molecule has 0 aliphatic rings. The molecule has 0 saturated carbocycles. The monoisotopic (exact) mass is 238 g/mol. The summed E-state index contributed by atoms with van der Waals surface area (Å²) >= 11 is 0. The highest BCUT2D eigenvalue weighted by molar-refractivity contribution is 5.82. The molecule has 0 fully saturated rings. The highest BCUT2D eigenvalue weighted by Gasteiger charge is 2.27. The molecule has 94 valence electrons. The van der Waals surface area contributed by atoms with Crippen molar-refractivity contribution in [3.8, 4) is 0 Å². The second-order valence-corrected chi connectivity index (χ2v) is 4.80. The zero-order chi connectivity index (χ0) is 13.1. The normalized spacial score (nSPS) is 13.2. The predicted molar refractivity (Wildman–Crippen MR) is 65.8 cm³/mol. The largest absolute Gasteiger partial charge is 0.349 e. The molecule has 0 aliphatic heterocycles.